The van der Waals surface area contributed by atoms with Gasteiger partial charge in [0.2, 0.25) is 0 Å². The summed E-state index contributed by atoms with van der Waals surface area (Å²) in [7, 11) is 0. The highest BCUT2D eigenvalue weighted by Gasteiger charge is 2.13. The summed E-state index contributed by atoms with van der Waals surface area (Å²) in [6, 6.07) is 8.80. The van der Waals surface area contributed by atoms with Gasteiger partial charge >= 0.3 is 0 Å². The van der Waals surface area contributed by atoms with Crippen molar-refractivity contribution in [1.82, 2.24) is 5.43 Å². The molecule has 2 rings (SSSR count). The Labute approximate surface area is 118 Å². The topological polar surface area (TPSA) is 38.0 Å². The summed E-state index contributed by atoms with van der Waals surface area (Å²) in [6.07, 6.45) is 2.06. The third-order valence-corrected chi connectivity index (χ3v) is 5.60. The first kappa shape index (κ1) is 13.2. The molecule has 2 heterocycles. The van der Waals surface area contributed by atoms with Crippen LogP contribution in [0.4, 0.5) is 0 Å². The summed E-state index contributed by atoms with van der Waals surface area (Å²) in [4.78, 5) is 4.09. The molecule has 0 saturated heterocycles. The molecule has 1 unspecified atom stereocenters. The Morgan fingerprint density at radius 3 is 2.53 bits per heavy atom. The average molecular weight is 331 g/mol. The average Bonchev–Trinajstić information content (AvgIpc) is 2.94. The molecular formula is C12H15BrN2S2. The minimum Gasteiger partial charge on any atom is -0.271 e. The zero-order valence-electron chi connectivity index (χ0n) is 9.57. The molecule has 3 N–H and O–H groups in total. The van der Waals surface area contributed by atoms with Gasteiger partial charge in [0.15, 0.2) is 0 Å². The molecule has 0 fully saturated rings. The van der Waals surface area contributed by atoms with E-state index in [2.05, 4.69) is 52.5 Å². The van der Waals surface area contributed by atoms with E-state index in [4.69, 9.17) is 5.84 Å². The van der Waals surface area contributed by atoms with E-state index in [9.17, 15) is 0 Å². The van der Waals surface area contributed by atoms with Crippen molar-refractivity contribution in [1.29, 1.82) is 0 Å². The summed E-state index contributed by atoms with van der Waals surface area (Å²) in [5.74, 6) is 5.65. The number of halogens is 1. The molecule has 1 atom stereocenters. The lowest BCUT2D eigenvalue weighted by Crippen LogP contribution is -2.28. The van der Waals surface area contributed by atoms with Crippen molar-refractivity contribution in [2.45, 2.75) is 25.8 Å². The van der Waals surface area contributed by atoms with Gasteiger partial charge in [0.25, 0.3) is 0 Å². The lowest BCUT2D eigenvalue weighted by molar-refractivity contribution is 0.564. The first-order chi connectivity index (χ1) is 8.22. The zero-order chi connectivity index (χ0) is 12.3. The SMILES string of the molecule is CCc1ccc(CC(NN)c2ccc(Br)s2)s1. The van der Waals surface area contributed by atoms with Crippen LogP contribution in [0, 0.1) is 0 Å². The van der Waals surface area contributed by atoms with Crippen molar-refractivity contribution in [3.63, 3.8) is 0 Å². The zero-order valence-corrected chi connectivity index (χ0v) is 12.8. The van der Waals surface area contributed by atoms with E-state index >= 15 is 0 Å². The van der Waals surface area contributed by atoms with Crippen LogP contribution >= 0.6 is 38.6 Å². The molecule has 0 aliphatic carbocycles. The van der Waals surface area contributed by atoms with Gasteiger partial charge in [-0.2, -0.15) is 0 Å². The first-order valence-corrected chi connectivity index (χ1v) is 7.94. The van der Waals surface area contributed by atoms with Gasteiger partial charge in [0.1, 0.15) is 0 Å². The fraction of sp³-hybridized carbons (Fsp3) is 0.333. The highest BCUT2D eigenvalue weighted by molar-refractivity contribution is 9.11. The fourth-order valence-electron chi connectivity index (χ4n) is 1.68. The lowest BCUT2D eigenvalue weighted by atomic mass is 10.1. The summed E-state index contributed by atoms with van der Waals surface area (Å²) >= 11 is 7.09. The maximum absolute atomic E-state index is 5.65. The van der Waals surface area contributed by atoms with Crippen LogP contribution < -0.4 is 11.3 Å². The molecule has 2 aromatic rings. The number of thiophene rings is 2. The van der Waals surface area contributed by atoms with Gasteiger partial charge in [0, 0.05) is 21.1 Å². The summed E-state index contributed by atoms with van der Waals surface area (Å²) < 4.78 is 1.15. The van der Waals surface area contributed by atoms with E-state index in [1.165, 1.54) is 14.6 Å². The molecule has 5 heteroatoms. The minimum atomic E-state index is 0.203. The van der Waals surface area contributed by atoms with Crippen molar-refractivity contribution < 1.29 is 0 Å². The van der Waals surface area contributed by atoms with Gasteiger partial charge in [-0.05, 0) is 46.6 Å². The number of hydrogen-bond donors (Lipinski definition) is 2. The van der Waals surface area contributed by atoms with Crippen molar-refractivity contribution in [3.05, 3.63) is 42.7 Å². The third kappa shape index (κ3) is 3.39. The quantitative estimate of drug-likeness (QED) is 0.644. The van der Waals surface area contributed by atoms with Crippen molar-refractivity contribution in [3.8, 4) is 0 Å². The Morgan fingerprint density at radius 2 is 2.00 bits per heavy atom. The van der Waals surface area contributed by atoms with E-state index in [1.54, 1.807) is 11.3 Å². The van der Waals surface area contributed by atoms with Gasteiger partial charge in [-0.3, -0.25) is 11.3 Å². The normalized spacial score (nSPS) is 12.9. The van der Waals surface area contributed by atoms with Crippen LogP contribution in [0.1, 0.15) is 27.6 Å². The standard InChI is InChI=1S/C12H15BrN2S2/c1-2-8-3-4-9(16-8)7-10(15-14)11-5-6-12(13)17-11/h3-6,10,15H,2,7,14H2,1H3. The van der Waals surface area contributed by atoms with Crippen molar-refractivity contribution in [2.75, 3.05) is 0 Å². The Hall–Kier alpha value is -0.200. The van der Waals surface area contributed by atoms with Crippen LogP contribution in [-0.2, 0) is 12.8 Å². The maximum atomic E-state index is 5.65. The molecule has 0 aromatic carbocycles. The second kappa shape index (κ2) is 6.11. The van der Waals surface area contributed by atoms with Crippen LogP contribution in [0.5, 0.6) is 0 Å². The smallest absolute Gasteiger partial charge is 0.0702 e. The van der Waals surface area contributed by atoms with Crippen LogP contribution in [0.3, 0.4) is 0 Å². The van der Waals surface area contributed by atoms with Gasteiger partial charge in [-0.25, -0.2) is 0 Å². The largest absolute Gasteiger partial charge is 0.271 e. The molecule has 0 aliphatic rings. The molecule has 0 amide bonds. The molecule has 17 heavy (non-hydrogen) atoms. The Morgan fingerprint density at radius 1 is 1.24 bits per heavy atom. The van der Waals surface area contributed by atoms with E-state index in [0.717, 1.165) is 16.6 Å². The van der Waals surface area contributed by atoms with Crippen LogP contribution in [-0.4, -0.2) is 0 Å². The Kier molecular flexibility index (Phi) is 4.76. The molecule has 0 saturated carbocycles. The molecule has 92 valence electrons. The van der Waals surface area contributed by atoms with Crippen LogP contribution in [0.15, 0.2) is 28.1 Å². The van der Waals surface area contributed by atoms with Crippen molar-refractivity contribution in [2.24, 2.45) is 5.84 Å². The number of nitrogens with one attached hydrogen (secondary N) is 1. The van der Waals surface area contributed by atoms with E-state index in [-0.39, 0.29) is 6.04 Å². The first-order valence-electron chi connectivity index (χ1n) is 5.52. The highest BCUT2D eigenvalue weighted by Crippen LogP contribution is 2.30. The highest BCUT2D eigenvalue weighted by atomic mass is 79.9. The van der Waals surface area contributed by atoms with Crippen LogP contribution in [0.25, 0.3) is 0 Å². The van der Waals surface area contributed by atoms with E-state index in [1.807, 2.05) is 11.3 Å². The van der Waals surface area contributed by atoms with Crippen LogP contribution in [0.2, 0.25) is 0 Å². The number of rotatable bonds is 5. The monoisotopic (exact) mass is 330 g/mol. The predicted molar refractivity (Wildman–Crippen MR) is 79.5 cm³/mol. The molecule has 0 aliphatic heterocycles. The lowest BCUT2D eigenvalue weighted by Gasteiger charge is -2.12. The molecule has 0 spiro atoms. The third-order valence-electron chi connectivity index (χ3n) is 2.61. The van der Waals surface area contributed by atoms with Gasteiger partial charge in [-0.15, -0.1) is 22.7 Å². The number of hydrazine groups is 1. The van der Waals surface area contributed by atoms with E-state index in [0.29, 0.717) is 0 Å². The fourth-order valence-corrected chi connectivity index (χ4v) is 4.17. The maximum Gasteiger partial charge on any atom is 0.0702 e. The van der Waals surface area contributed by atoms with Gasteiger partial charge in [0.05, 0.1) is 9.83 Å². The summed E-state index contributed by atoms with van der Waals surface area (Å²) in [5, 5.41) is 0. The summed E-state index contributed by atoms with van der Waals surface area (Å²) in [5.41, 5.74) is 2.90. The van der Waals surface area contributed by atoms with Crippen molar-refractivity contribution >= 4 is 38.6 Å². The molecule has 0 bridgehead atoms. The summed E-state index contributed by atoms with van der Waals surface area (Å²) in [6.45, 7) is 2.19. The number of hydrogen-bond acceptors (Lipinski definition) is 4. The number of aryl methyl sites for hydroxylation is 1. The second-order valence-corrected chi connectivity index (χ2v) is 7.53. The van der Waals surface area contributed by atoms with Gasteiger partial charge in [-0.1, -0.05) is 6.92 Å². The second-order valence-electron chi connectivity index (χ2n) is 3.79. The Balaban J connectivity index is 2.09. The van der Waals surface area contributed by atoms with E-state index < -0.39 is 0 Å². The molecule has 2 nitrogen and oxygen atoms in total. The predicted octanol–water partition coefficient (Wildman–Crippen LogP) is 3.88. The molecule has 0 radical (unpaired) electrons. The van der Waals surface area contributed by atoms with Gasteiger partial charge < -0.3 is 0 Å². The molecule has 2 aromatic heterocycles. The molecular weight excluding hydrogens is 316 g/mol. The number of nitrogens with two attached hydrogens (primary N) is 1. The minimum absolute atomic E-state index is 0.203. The Bertz CT molecular complexity index is 478.